The van der Waals surface area contributed by atoms with Gasteiger partial charge in [0.1, 0.15) is 0 Å². The lowest BCUT2D eigenvalue weighted by Gasteiger charge is -2.33. The number of hydrogen-bond donors (Lipinski definition) is 2. The van der Waals surface area contributed by atoms with Gasteiger partial charge in [0.15, 0.2) is 0 Å². The van der Waals surface area contributed by atoms with E-state index >= 15 is 0 Å². The molecule has 0 amide bonds. The summed E-state index contributed by atoms with van der Waals surface area (Å²) in [5.41, 5.74) is 3.96. The second-order valence-electron chi connectivity index (χ2n) is 5.08. The molecule has 1 heterocycles. The minimum atomic E-state index is -0.202. The molecule has 2 heteroatoms. The second-order valence-corrected chi connectivity index (χ2v) is 5.08. The monoisotopic (exact) mass is 217 g/mol. The summed E-state index contributed by atoms with van der Waals surface area (Å²) in [5, 5.41) is 13.7. The first-order chi connectivity index (χ1) is 7.79. The summed E-state index contributed by atoms with van der Waals surface area (Å²) in [5.74, 6) is 0.702. The molecule has 1 aliphatic carbocycles. The van der Waals surface area contributed by atoms with E-state index in [4.69, 9.17) is 0 Å². The third kappa shape index (κ3) is 1.61. The van der Waals surface area contributed by atoms with Crippen LogP contribution < -0.4 is 5.32 Å². The van der Waals surface area contributed by atoms with Crippen LogP contribution in [0.4, 0.5) is 5.69 Å². The van der Waals surface area contributed by atoms with Crippen LogP contribution in [0.1, 0.15) is 30.9 Å². The van der Waals surface area contributed by atoms with E-state index in [0.717, 1.165) is 12.8 Å². The average molecular weight is 217 g/mol. The molecular weight excluding hydrogens is 198 g/mol. The van der Waals surface area contributed by atoms with Gasteiger partial charge in [-0.05, 0) is 36.3 Å². The van der Waals surface area contributed by atoms with E-state index in [1.165, 1.54) is 29.7 Å². The average Bonchev–Trinajstić information content (AvgIpc) is 3.11. The Morgan fingerprint density at radius 1 is 1.38 bits per heavy atom. The number of aliphatic hydroxyl groups excluding tert-OH is 1. The van der Waals surface area contributed by atoms with E-state index in [9.17, 15) is 5.11 Å². The molecule has 1 aliphatic heterocycles. The fraction of sp³-hybridized carbons (Fsp3) is 0.571. The lowest BCUT2D eigenvalue weighted by molar-refractivity contribution is 0.139. The molecule has 1 saturated carbocycles. The van der Waals surface area contributed by atoms with Crippen molar-refractivity contribution in [2.75, 3.05) is 5.32 Å². The van der Waals surface area contributed by atoms with Crippen molar-refractivity contribution in [1.29, 1.82) is 0 Å². The van der Waals surface area contributed by atoms with Gasteiger partial charge >= 0.3 is 0 Å². The van der Waals surface area contributed by atoms with Gasteiger partial charge in [-0.15, -0.1) is 0 Å². The fourth-order valence-electron chi connectivity index (χ4n) is 2.81. The van der Waals surface area contributed by atoms with Gasteiger partial charge < -0.3 is 10.4 Å². The number of aliphatic hydroxyl groups is 1. The molecular formula is C14H19NO. The quantitative estimate of drug-likeness (QED) is 0.797. The van der Waals surface area contributed by atoms with Crippen LogP contribution in [0.3, 0.4) is 0 Å². The third-order valence-corrected chi connectivity index (χ3v) is 3.90. The minimum absolute atomic E-state index is 0.202. The number of anilines is 1. The number of rotatable bonds is 2. The molecule has 0 saturated heterocycles. The molecule has 0 bridgehead atoms. The summed E-state index contributed by atoms with van der Waals surface area (Å²) in [4.78, 5) is 0. The summed E-state index contributed by atoms with van der Waals surface area (Å²) in [7, 11) is 0. The molecule has 2 aliphatic rings. The highest BCUT2D eigenvalue weighted by molar-refractivity contribution is 5.60. The van der Waals surface area contributed by atoms with E-state index < -0.39 is 0 Å². The Morgan fingerprint density at radius 2 is 2.19 bits per heavy atom. The molecule has 3 rings (SSSR count). The lowest BCUT2D eigenvalue weighted by Crippen LogP contribution is -2.41. The van der Waals surface area contributed by atoms with Gasteiger partial charge in [0.05, 0.1) is 12.1 Å². The molecule has 16 heavy (non-hydrogen) atoms. The molecule has 0 aromatic heterocycles. The van der Waals surface area contributed by atoms with Crippen molar-refractivity contribution in [3.8, 4) is 0 Å². The highest BCUT2D eigenvalue weighted by atomic mass is 16.3. The smallest absolute Gasteiger partial charge is 0.0784 e. The van der Waals surface area contributed by atoms with Crippen molar-refractivity contribution < 1.29 is 5.11 Å². The maximum Gasteiger partial charge on any atom is 0.0784 e. The Hall–Kier alpha value is -1.02. The van der Waals surface area contributed by atoms with E-state index in [1.807, 2.05) is 0 Å². The fourth-order valence-corrected chi connectivity index (χ4v) is 2.81. The first-order valence-corrected chi connectivity index (χ1v) is 6.35. The lowest BCUT2D eigenvalue weighted by atomic mass is 9.90. The van der Waals surface area contributed by atoms with Crippen molar-refractivity contribution in [2.24, 2.45) is 5.92 Å². The zero-order valence-corrected chi connectivity index (χ0v) is 9.74. The summed E-state index contributed by atoms with van der Waals surface area (Å²) < 4.78 is 0. The van der Waals surface area contributed by atoms with Gasteiger partial charge in [0.25, 0.3) is 0 Å². The van der Waals surface area contributed by atoms with Gasteiger partial charge in [-0.3, -0.25) is 0 Å². The normalized spacial score (nSPS) is 28.4. The molecule has 0 radical (unpaired) electrons. The van der Waals surface area contributed by atoms with E-state index in [1.54, 1.807) is 0 Å². The highest BCUT2D eigenvalue weighted by Crippen LogP contribution is 2.40. The molecule has 2 unspecified atom stereocenters. The van der Waals surface area contributed by atoms with Crippen LogP contribution in [0.5, 0.6) is 0 Å². The predicted molar refractivity (Wildman–Crippen MR) is 65.7 cm³/mol. The molecule has 1 aromatic carbocycles. The number of benzene rings is 1. The van der Waals surface area contributed by atoms with Gasteiger partial charge in [0, 0.05) is 12.1 Å². The van der Waals surface area contributed by atoms with Gasteiger partial charge in [-0.2, -0.15) is 0 Å². The zero-order valence-electron chi connectivity index (χ0n) is 9.74. The van der Waals surface area contributed by atoms with Crippen molar-refractivity contribution in [3.05, 3.63) is 29.3 Å². The van der Waals surface area contributed by atoms with Crippen LogP contribution in [-0.4, -0.2) is 17.3 Å². The van der Waals surface area contributed by atoms with Crippen molar-refractivity contribution in [2.45, 2.75) is 44.8 Å². The summed E-state index contributed by atoms with van der Waals surface area (Å²) in [6.07, 6.45) is 4.23. The van der Waals surface area contributed by atoms with Gasteiger partial charge in [-0.1, -0.05) is 25.1 Å². The summed E-state index contributed by atoms with van der Waals surface area (Å²) >= 11 is 0. The van der Waals surface area contributed by atoms with Crippen LogP contribution in [-0.2, 0) is 12.8 Å². The van der Waals surface area contributed by atoms with Gasteiger partial charge in [0.2, 0.25) is 0 Å². The number of aryl methyl sites for hydroxylation is 1. The summed E-state index contributed by atoms with van der Waals surface area (Å²) in [6, 6.07) is 6.71. The number of nitrogens with one attached hydrogen (secondary N) is 1. The number of fused-ring (bicyclic) bond motifs is 1. The molecule has 1 aromatic rings. The minimum Gasteiger partial charge on any atom is -0.391 e. The maximum atomic E-state index is 10.1. The third-order valence-electron chi connectivity index (χ3n) is 3.90. The highest BCUT2D eigenvalue weighted by Gasteiger charge is 2.38. The molecule has 1 fully saturated rings. The predicted octanol–water partition coefficient (Wildman–Crippen LogP) is 2.36. The van der Waals surface area contributed by atoms with Crippen molar-refractivity contribution in [3.63, 3.8) is 0 Å². The Morgan fingerprint density at radius 3 is 2.88 bits per heavy atom. The van der Waals surface area contributed by atoms with Crippen LogP contribution in [0, 0.1) is 5.92 Å². The number of para-hydroxylation sites is 1. The van der Waals surface area contributed by atoms with E-state index in [0.29, 0.717) is 12.0 Å². The van der Waals surface area contributed by atoms with Crippen LogP contribution in [0.15, 0.2) is 18.2 Å². The molecule has 2 N–H and O–H groups in total. The molecule has 86 valence electrons. The van der Waals surface area contributed by atoms with Crippen LogP contribution in [0.25, 0.3) is 0 Å². The standard InChI is InChI=1S/C14H19NO/c1-2-9-4-3-5-11-8-12(16)14(10-6-7-10)15-13(9)11/h3-5,10,12,14-16H,2,6-8H2,1H3. The Balaban J connectivity index is 1.95. The first kappa shape index (κ1) is 10.2. The topological polar surface area (TPSA) is 32.3 Å². The SMILES string of the molecule is CCc1cccc2c1NC(C1CC1)C(O)C2. The largest absolute Gasteiger partial charge is 0.391 e. The Bertz CT molecular complexity index is 398. The summed E-state index contributed by atoms with van der Waals surface area (Å²) in [6.45, 7) is 2.19. The van der Waals surface area contributed by atoms with Crippen molar-refractivity contribution in [1.82, 2.24) is 0 Å². The maximum absolute atomic E-state index is 10.1. The van der Waals surface area contributed by atoms with Crippen molar-refractivity contribution >= 4 is 5.69 Å². The molecule has 2 atom stereocenters. The van der Waals surface area contributed by atoms with Gasteiger partial charge in [-0.25, -0.2) is 0 Å². The number of hydrogen-bond acceptors (Lipinski definition) is 2. The second kappa shape index (κ2) is 3.77. The molecule has 2 nitrogen and oxygen atoms in total. The van der Waals surface area contributed by atoms with E-state index in [2.05, 4.69) is 30.4 Å². The Labute approximate surface area is 96.7 Å². The zero-order chi connectivity index (χ0) is 11.1. The molecule has 0 spiro atoms. The van der Waals surface area contributed by atoms with Crippen LogP contribution >= 0.6 is 0 Å². The Kier molecular flexibility index (Phi) is 2.40. The first-order valence-electron chi connectivity index (χ1n) is 6.35. The van der Waals surface area contributed by atoms with Crippen LogP contribution in [0.2, 0.25) is 0 Å². The van der Waals surface area contributed by atoms with E-state index in [-0.39, 0.29) is 6.10 Å².